The van der Waals surface area contributed by atoms with Crippen molar-refractivity contribution in [2.45, 2.75) is 20.8 Å². The van der Waals surface area contributed by atoms with Gasteiger partial charge in [0, 0.05) is 11.9 Å². The molecular formula is C28H24N4O4. The summed E-state index contributed by atoms with van der Waals surface area (Å²) in [6.07, 6.45) is 2.77. The van der Waals surface area contributed by atoms with Gasteiger partial charge in [0.25, 0.3) is 11.5 Å². The number of anilines is 1. The van der Waals surface area contributed by atoms with Gasteiger partial charge in [-0.2, -0.15) is 10.2 Å². The van der Waals surface area contributed by atoms with E-state index in [1.54, 1.807) is 54.7 Å². The molecule has 180 valence electrons. The van der Waals surface area contributed by atoms with Crippen LogP contribution in [0.4, 0.5) is 5.69 Å². The van der Waals surface area contributed by atoms with Crippen LogP contribution in [-0.2, 0) is 4.79 Å². The molecule has 0 fully saturated rings. The van der Waals surface area contributed by atoms with Crippen molar-refractivity contribution in [1.82, 2.24) is 9.38 Å². The second-order valence-corrected chi connectivity index (χ2v) is 8.02. The zero-order chi connectivity index (χ0) is 25.7. The van der Waals surface area contributed by atoms with E-state index in [9.17, 15) is 14.9 Å². The van der Waals surface area contributed by atoms with Crippen LogP contribution in [0.2, 0.25) is 0 Å². The van der Waals surface area contributed by atoms with Crippen LogP contribution in [0, 0.1) is 25.2 Å². The third-order valence-electron chi connectivity index (χ3n) is 5.35. The first-order valence-electron chi connectivity index (χ1n) is 11.3. The molecule has 2 aromatic heterocycles. The van der Waals surface area contributed by atoms with E-state index in [4.69, 9.17) is 9.47 Å². The van der Waals surface area contributed by atoms with Crippen molar-refractivity contribution in [1.29, 1.82) is 5.26 Å². The van der Waals surface area contributed by atoms with Crippen LogP contribution in [-0.4, -0.2) is 21.9 Å². The van der Waals surface area contributed by atoms with Crippen molar-refractivity contribution in [3.8, 4) is 23.4 Å². The number of carbonyl (C=O) groups is 1. The number of fused-ring (bicyclic) bond motifs is 1. The molecule has 2 heterocycles. The largest absolute Gasteiger partial charge is 0.494 e. The lowest BCUT2D eigenvalue weighted by atomic mass is 10.1. The minimum Gasteiger partial charge on any atom is -0.494 e. The molecule has 0 saturated carbocycles. The first kappa shape index (κ1) is 24.2. The SMILES string of the molecule is CCOc1ccc(NC(=O)C(C#N)=Cc2c(Oc3ccc(C)cc3C)nc3ccccn3c2=O)cc1. The predicted octanol–water partition coefficient (Wildman–Crippen LogP) is 5.05. The van der Waals surface area contributed by atoms with Gasteiger partial charge < -0.3 is 14.8 Å². The Bertz CT molecular complexity index is 1560. The third kappa shape index (κ3) is 5.26. The van der Waals surface area contributed by atoms with Crippen LogP contribution in [0.15, 0.2) is 77.2 Å². The Morgan fingerprint density at radius 1 is 1.14 bits per heavy atom. The number of benzene rings is 2. The summed E-state index contributed by atoms with van der Waals surface area (Å²) in [5, 5.41) is 12.4. The van der Waals surface area contributed by atoms with Gasteiger partial charge in [0.15, 0.2) is 0 Å². The first-order chi connectivity index (χ1) is 17.4. The number of nitrogens with zero attached hydrogens (tertiary/aromatic N) is 3. The van der Waals surface area contributed by atoms with E-state index in [0.717, 1.165) is 11.1 Å². The fourth-order valence-corrected chi connectivity index (χ4v) is 3.59. The topological polar surface area (TPSA) is 106 Å². The van der Waals surface area contributed by atoms with E-state index in [1.165, 1.54) is 10.5 Å². The van der Waals surface area contributed by atoms with Crippen molar-refractivity contribution in [2.24, 2.45) is 0 Å². The average molecular weight is 481 g/mol. The standard InChI is InChI=1S/C28H24N4O4/c1-4-35-22-11-9-21(10-12-22)30-26(33)20(17-29)16-23-27(36-24-13-8-18(2)15-19(24)3)31-25-7-5-6-14-32(25)28(23)34/h5-16H,4H2,1-3H3,(H,30,33). The van der Waals surface area contributed by atoms with Crippen LogP contribution < -0.4 is 20.3 Å². The molecule has 0 atom stereocenters. The maximum Gasteiger partial charge on any atom is 0.269 e. The van der Waals surface area contributed by atoms with Crippen LogP contribution >= 0.6 is 0 Å². The molecule has 8 nitrogen and oxygen atoms in total. The smallest absolute Gasteiger partial charge is 0.269 e. The molecule has 1 N–H and O–H groups in total. The summed E-state index contributed by atoms with van der Waals surface area (Å²) in [5.41, 5.74) is 2.00. The highest BCUT2D eigenvalue weighted by Crippen LogP contribution is 2.27. The number of rotatable bonds is 7. The Morgan fingerprint density at radius 2 is 1.92 bits per heavy atom. The summed E-state index contributed by atoms with van der Waals surface area (Å²) >= 11 is 0. The predicted molar refractivity (Wildman–Crippen MR) is 137 cm³/mol. The molecule has 0 spiro atoms. The Balaban J connectivity index is 1.75. The molecule has 4 rings (SSSR count). The number of ether oxygens (including phenoxy) is 2. The fourth-order valence-electron chi connectivity index (χ4n) is 3.59. The second-order valence-electron chi connectivity index (χ2n) is 8.02. The van der Waals surface area contributed by atoms with Crippen molar-refractivity contribution in [3.05, 3.63) is 99.5 Å². The van der Waals surface area contributed by atoms with Gasteiger partial charge >= 0.3 is 0 Å². The van der Waals surface area contributed by atoms with Crippen LogP contribution in [0.3, 0.4) is 0 Å². The molecule has 0 aliphatic rings. The minimum atomic E-state index is -0.670. The molecule has 0 saturated heterocycles. The van der Waals surface area contributed by atoms with Crippen molar-refractivity contribution in [3.63, 3.8) is 0 Å². The Kier molecular flexibility index (Phi) is 7.12. The van der Waals surface area contributed by atoms with E-state index in [1.807, 2.05) is 39.0 Å². The van der Waals surface area contributed by atoms with Crippen LogP contribution in [0.5, 0.6) is 17.4 Å². The number of aryl methyl sites for hydroxylation is 2. The zero-order valence-corrected chi connectivity index (χ0v) is 20.1. The minimum absolute atomic E-state index is 0.000213. The lowest BCUT2D eigenvalue weighted by Gasteiger charge is -2.12. The van der Waals surface area contributed by atoms with Crippen molar-refractivity contribution >= 4 is 23.3 Å². The highest BCUT2D eigenvalue weighted by atomic mass is 16.5. The van der Waals surface area contributed by atoms with Crippen LogP contribution in [0.1, 0.15) is 23.6 Å². The molecule has 36 heavy (non-hydrogen) atoms. The monoisotopic (exact) mass is 480 g/mol. The summed E-state index contributed by atoms with van der Waals surface area (Å²) in [5.74, 6) is 0.506. The molecule has 4 aromatic rings. The van der Waals surface area contributed by atoms with E-state index >= 15 is 0 Å². The zero-order valence-electron chi connectivity index (χ0n) is 20.1. The number of nitriles is 1. The summed E-state index contributed by atoms with van der Waals surface area (Å²) in [6.45, 7) is 6.25. The number of hydrogen-bond donors (Lipinski definition) is 1. The maximum absolute atomic E-state index is 13.4. The van der Waals surface area contributed by atoms with Gasteiger partial charge in [-0.25, -0.2) is 0 Å². The highest BCUT2D eigenvalue weighted by Gasteiger charge is 2.18. The molecule has 0 aliphatic heterocycles. The Labute approximate surface area is 208 Å². The number of aromatic nitrogens is 2. The number of pyridine rings is 1. The van der Waals surface area contributed by atoms with Gasteiger partial charge in [-0.1, -0.05) is 23.8 Å². The molecule has 0 unspecified atom stereocenters. The van der Waals surface area contributed by atoms with E-state index in [-0.39, 0.29) is 17.0 Å². The molecule has 0 aliphatic carbocycles. The normalized spacial score (nSPS) is 11.1. The van der Waals surface area contributed by atoms with Gasteiger partial charge in [0.1, 0.15) is 34.4 Å². The number of hydrogen-bond acceptors (Lipinski definition) is 6. The van der Waals surface area contributed by atoms with Gasteiger partial charge in [0.05, 0.1) is 6.61 Å². The lowest BCUT2D eigenvalue weighted by Crippen LogP contribution is -2.20. The average Bonchev–Trinajstić information content (AvgIpc) is 2.87. The number of nitrogens with one attached hydrogen (secondary N) is 1. The second kappa shape index (κ2) is 10.6. The quantitative estimate of drug-likeness (QED) is 0.293. The summed E-state index contributed by atoms with van der Waals surface area (Å²) < 4.78 is 12.8. The van der Waals surface area contributed by atoms with Gasteiger partial charge in [-0.05, 0) is 74.9 Å². The summed E-state index contributed by atoms with van der Waals surface area (Å²) in [6, 6.07) is 19.4. The molecular weight excluding hydrogens is 456 g/mol. The molecule has 2 aromatic carbocycles. The fraction of sp³-hybridized carbons (Fsp3) is 0.143. The Hall–Kier alpha value is -4.90. The van der Waals surface area contributed by atoms with Gasteiger partial charge in [-0.3, -0.25) is 14.0 Å². The van der Waals surface area contributed by atoms with Crippen molar-refractivity contribution < 1.29 is 14.3 Å². The highest BCUT2D eigenvalue weighted by molar-refractivity contribution is 6.09. The van der Waals surface area contributed by atoms with E-state index in [0.29, 0.717) is 29.4 Å². The molecule has 1 amide bonds. The van der Waals surface area contributed by atoms with E-state index < -0.39 is 11.5 Å². The van der Waals surface area contributed by atoms with E-state index in [2.05, 4.69) is 10.3 Å². The lowest BCUT2D eigenvalue weighted by molar-refractivity contribution is -0.112. The third-order valence-corrected chi connectivity index (χ3v) is 5.35. The number of carbonyl (C=O) groups excluding carboxylic acids is 1. The molecule has 0 bridgehead atoms. The van der Waals surface area contributed by atoms with Gasteiger partial charge in [-0.15, -0.1) is 0 Å². The van der Waals surface area contributed by atoms with Crippen molar-refractivity contribution in [2.75, 3.05) is 11.9 Å². The summed E-state index contributed by atoms with van der Waals surface area (Å²) in [7, 11) is 0. The Morgan fingerprint density at radius 3 is 2.61 bits per heavy atom. The van der Waals surface area contributed by atoms with Gasteiger partial charge in [0.2, 0.25) is 5.88 Å². The molecule has 8 heteroatoms. The first-order valence-corrected chi connectivity index (χ1v) is 11.3. The van der Waals surface area contributed by atoms with Crippen LogP contribution in [0.25, 0.3) is 11.7 Å². The molecule has 0 radical (unpaired) electrons. The number of amides is 1. The summed E-state index contributed by atoms with van der Waals surface area (Å²) in [4.78, 5) is 30.7. The maximum atomic E-state index is 13.4.